The second kappa shape index (κ2) is 13.6. The smallest absolute Gasteiger partial charge is 0.407 e. The summed E-state index contributed by atoms with van der Waals surface area (Å²) in [5.41, 5.74) is 2.42. The fourth-order valence-corrected chi connectivity index (χ4v) is 3.50. The largest absolute Gasteiger partial charge is 0.480 e. The number of carboxylic acid groups (broad SMARTS) is 1. The molecular weight excluding hydrogens is 476 g/mol. The number of carboxylic acids is 1. The second-order valence-corrected chi connectivity index (χ2v) is 8.36. The molecule has 0 heterocycles. The van der Waals surface area contributed by atoms with Gasteiger partial charge in [-0.2, -0.15) is 0 Å². The Balaban J connectivity index is 1.44. The zero-order chi connectivity index (χ0) is 26.6. The van der Waals surface area contributed by atoms with Crippen molar-refractivity contribution < 1.29 is 34.1 Å². The van der Waals surface area contributed by atoms with Gasteiger partial charge in [0.1, 0.15) is 12.6 Å². The molecule has 2 atom stereocenters. The van der Waals surface area contributed by atoms with Gasteiger partial charge in [0, 0.05) is 24.1 Å². The van der Waals surface area contributed by atoms with Gasteiger partial charge in [-0.3, -0.25) is 9.59 Å². The number of rotatable bonds is 12. The van der Waals surface area contributed by atoms with Crippen molar-refractivity contribution in [2.75, 3.05) is 6.54 Å². The molecule has 0 saturated carbocycles. The van der Waals surface area contributed by atoms with Gasteiger partial charge >= 0.3 is 12.1 Å². The molecule has 0 aliphatic carbocycles. The monoisotopic (exact) mass is 504 g/mol. The Bertz CT molecular complexity index is 1200. The summed E-state index contributed by atoms with van der Waals surface area (Å²) in [7, 11) is 0. The molecule has 0 bridgehead atoms. The third-order valence-electron chi connectivity index (χ3n) is 5.44. The maximum atomic E-state index is 12.5. The predicted octanol–water partition coefficient (Wildman–Crippen LogP) is 2.71. The lowest BCUT2D eigenvalue weighted by Gasteiger charge is -2.17. The van der Waals surface area contributed by atoms with Crippen molar-refractivity contribution in [3.8, 4) is 0 Å². The van der Waals surface area contributed by atoms with Crippen LogP contribution in [0, 0.1) is 0 Å². The number of alkyl carbamates (subject to hydrolysis) is 1. The minimum Gasteiger partial charge on any atom is -0.480 e. The Morgan fingerprint density at radius 3 is 2.00 bits per heavy atom. The number of carbonyl (C=O) groups is 4. The first-order valence-corrected chi connectivity index (χ1v) is 11.7. The summed E-state index contributed by atoms with van der Waals surface area (Å²) in [6.07, 6.45) is -2.41. The summed E-state index contributed by atoms with van der Waals surface area (Å²) >= 11 is 0. The SMILES string of the molecule is O=C(C[C@H](O)CNC(=O)OCc1ccccc1)N[C@@H](Cc1ccc(C(=O)c2ccccc2)cc1)C(=O)O. The number of amides is 2. The van der Waals surface area contributed by atoms with Crippen molar-refractivity contribution in [2.45, 2.75) is 31.6 Å². The Morgan fingerprint density at radius 1 is 0.784 bits per heavy atom. The molecule has 3 aromatic carbocycles. The molecule has 9 heteroatoms. The summed E-state index contributed by atoms with van der Waals surface area (Å²) in [5.74, 6) is -2.08. The van der Waals surface area contributed by atoms with Crippen LogP contribution in [0.2, 0.25) is 0 Å². The summed E-state index contributed by atoms with van der Waals surface area (Å²) in [5, 5.41) is 24.3. The van der Waals surface area contributed by atoms with Crippen LogP contribution in [0.25, 0.3) is 0 Å². The van der Waals surface area contributed by atoms with Crippen LogP contribution in [-0.4, -0.2) is 52.7 Å². The number of aliphatic hydroxyl groups excluding tert-OH is 1. The molecule has 3 rings (SSSR count). The van der Waals surface area contributed by atoms with Gasteiger partial charge in [0.25, 0.3) is 0 Å². The van der Waals surface area contributed by atoms with E-state index in [0.29, 0.717) is 16.7 Å². The second-order valence-electron chi connectivity index (χ2n) is 8.36. The van der Waals surface area contributed by atoms with Gasteiger partial charge in [-0.25, -0.2) is 9.59 Å². The topological polar surface area (TPSA) is 142 Å². The number of carbonyl (C=O) groups excluding carboxylic acids is 3. The summed E-state index contributed by atoms with van der Waals surface area (Å²) in [6.45, 7) is -0.180. The number of nitrogens with one attached hydrogen (secondary N) is 2. The molecule has 0 spiro atoms. The maximum Gasteiger partial charge on any atom is 0.407 e. The van der Waals surface area contributed by atoms with Crippen LogP contribution in [0.5, 0.6) is 0 Å². The van der Waals surface area contributed by atoms with Crippen molar-refractivity contribution >= 4 is 23.8 Å². The van der Waals surface area contributed by atoms with E-state index in [1.165, 1.54) is 0 Å². The number of ether oxygens (including phenoxy) is 1. The number of ketones is 1. The lowest BCUT2D eigenvalue weighted by molar-refractivity contribution is -0.142. The molecule has 2 amide bonds. The van der Waals surface area contributed by atoms with Crippen LogP contribution in [0.4, 0.5) is 4.79 Å². The third kappa shape index (κ3) is 8.90. The number of aliphatic hydroxyl groups is 1. The van der Waals surface area contributed by atoms with Crippen LogP contribution in [0.3, 0.4) is 0 Å². The first-order valence-electron chi connectivity index (χ1n) is 11.7. The van der Waals surface area contributed by atoms with Gasteiger partial charge in [0.15, 0.2) is 5.78 Å². The van der Waals surface area contributed by atoms with Crippen molar-refractivity contribution in [1.82, 2.24) is 10.6 Å². The standard InChI is InChI=1S/C28H28N2O7/c31-23(17-29-28(36)37-18-20-7-3-1-4-8-20)16-25(32)30-24(27(34)35)15-19-11-13-22(14-12-19)26(33)21-9-5-2-6-10-21/h1-14,23-24,31H,15-18H2,(H,29,36)(H,30,32)(H,34,35)/t23-,24-/m0/s1. The highest BCUT2D eigenvalue weighted by atomic mass is 16.5. The molecule has 192 valence electrons. The summed E-state index contributed by atoms with van der Waals surface area (Å²) < 4.78 is 5.03. The average molecular weight is 505 g/mol. The van der Waals surface area contributed by atoms with E-state index in [1.54, 1.807) is 60.7 Å². The van der Waals surface area contributed by atoms with E-state index >= 15 is 0 Å². The number of aliphatic carboxylic acids is 1. The minimum absolute atomic E-state index is 0.0129. The molecule has 0 saturated heterocycles. The zero-order valence-corrected chi connectivity index (χ0v) is 20.0. The van der Waals surface area contributed by atoms with Crippen molar-refractivity contribution in [3.05, 3.63) is 107 Å². The summed E-state index contributed by atoms with van der Waals surface area (Å²) in [6, 6.07) is 23.1. The van der Waals surface area contributed by atoms with Crippen LogP contribution >= 0.6 is 0 Å². The Morgan fingerprint density at radius 2 is 1.38 bits per heavy atom. The van der Waals surface area contributed by atoms with Gasteiger partial charge in [0.05, 0.1) is 12.5 Å². The Hall–Kier alpha value is -4.50. The number of benzene rings is 3. The van der Waals surface area contributed by atoms with Crippen LogP contribution in [-0.2, 0) is 27.4 Å². The highest BCUT2D eigenvalue weighted by molar-refractivity contribution is 6.08. The molecule has 37 heavy (non-hydrogen) atoms. The van der Waals surface area contributed by atoms with Crippen molar-refractivity contribution in [2.24, 2.45) is 0 Å². The predicted molar refractivity (Wildman–Crippen MR) is 135 cm³/mol. The van der Waals surface area contributed by atoms with E-state index < -0.39 is 36.5 Å². The molecule has 0 aromatic heterocycles. The van der Waals surface area contributed by atoms with Crippen LogP contribution in [0.15, 0.2) is 84.9 Å². The number of hydrogen-bond acceptors (Lipinski definition) is 6. The maximum absolute atomic E-state index is 12.5. The first kappa shape index (κ1) is 27.1. The highest BCUT2D eigenvalue weighted by Crippen LogP contribution is 2.13. The molecule has 0 aliphatic rings. The minimum atomic E-state index is -1.24. The fraction of sp³-hybridized carbons (Fsp3) is 0.214. The van der Waals surface area contributed by atoms with Gasteiger partial charge in [-0.15, -0.1) is 0 Å². The summed E-state index contributed by atoms with van der Waals surface area (Å²) in [4.78, 5) is 48.3. The van der Waals surface area contributed by atoms with Crippen molar-refractivity contribution in [1.29, 1.82) is 0 Å². The Kier molecular flexibility index (Phi) is 9.92. The lowest BCUT2D eigenvalue weighted by atomic mass is 9.99. The molecule has 0 radical (unpaired) electrons. The van der Waals surface area contributed by atoms with E-state index in [-0.39, 0.29) is 25.4 Å². The van der Waals surface area contributed by atoms with Gasteiger partial charge < -0.3 is 25.6 Å². The normalized spacial score (nSPS) is 12.1. The fourth-order valence-electron chi connectivity index (χ4n) is 3.50. The van der Waals surface area contributed by atoms with E-state index in [4.69, 9.17) is 4.74 Å². The van der Waals surface area contributed by atoms with Gasteiger partial charge in [0.2, 0.25) is 5.91 Å². The van der Waals surface area contributed by atoms with Crippen LogP contribution in [0.1, 0.15) is 33.5 Å². The van der Waals surface area contributed by atoms with E-state index in [2.05, 4.69) is 10.6 Å². The van der Waals surface area contributed by atoms with Crippen LogP contribution < -0.4 is 10.6 Å². The van der Waals surface area contributed by atoms with E-state index in [1.807, 2.05) is 24.3 Å². The molecule has 0 aliphatic heterocycles. The average Bonchev–Trinajstić information content (AvgIpc) is 2.91. The zero-order valence-electron chi connectivity index (χ0n) is 20.0. The molecule has 0 fully saturated rings. The van der Waals surface area contributed by atoms with Gasteiger partial charge in [-0.1, -0.05) is 84.9 Å². The molecule has 4 N–H and O–H groups in total. The quantitative estimate of drug-likeness (QED) is 0.278. The van der Waals surface area contributed by atoms with Gasteiger partial charge in [-0.05, 0) is 11.1 Å². The van der Waals surface area contributed by atoms with Crippen molar-refractivity contribution in [3.63, 3.8) is 0 Å². The molecule has 3 aromatic rings. The third-order valence-corrected chi connectivity index (χ3v) is 5.44. The molecular formula is C28H28N2O7. The Labute approximate surface area is 214 Å². The van der Waals surface area contributed by atoms with E-state index in [0.717, 1.165) is 5.56 Å². The molecule has 0 unspecified atom stereocenters. The first-order chi connectivity index (χ1) is 17.8. The lowest BCUT2D eigenvalue weighted by Crippen LogP contribution is -2.44. The number of hydrogen-bond donors (Lipinski definition) is 4. The highest BCUT2D eigenvalue weighted by Gasteiger charge is 2.22. The van der Waals surface area contributed by atoms with E-state index in [9.17, 15) is 29.4 Å². The molecule has 9 nitrogen and oxygen atoms in total.